The Bertz CT molecular complexity index is 575. The van der Waals surface area contributed by atoms with Crippen LogP contribution in [-0.2, 0) is 19.1 Å². The van der Waals surface area contributed by atoms with Gasteiger partial charge in [-0.1, -0.05) is 12.8 Å². The highest BCUT2D eigenvalue weighted by Gasteiger charge is 3.03. The lowest BCUT2D eigenvalue weighted by molar-refractivity contribution is -0.583. The highest BCUT2D eigenvalue weighted by atomic mass is 16.5. The van der Waals surface area contributed by atoms with Gasteiger partial charge in [0.1, 0.15) is 0 Å². The molecule has 7 saturated carbocycles. The molecule has 0 saturated heterocycles. The maximum Gasteiger partial charge on any atom is 0.309 e. The molecule has 118 valence electrons. The van der Waals surface area contributed by atoms with Crippen LogP contribution in [0.5, 0.6) is 0 Å². The summed E-state index contributed by atoms with van der Waals surface area (Å²) in [5, 5.41) is 0. The largest absolute Gasteiger partial charge is 0.469 e. The minimum atomic E-state index is -0.229. The van der Waals surface area contributed by atoms with Crippen molar-refractivity contribution in [3.63, 3.8) is 0 Å². The van der Waals surface area contributed by atoms with Crippen molar-refractivity contribution in [2.45, 2.75) is 25.7 Å². The molecular formula is C18H22O4. The van der Waals surface area contributed by atoms with E-state index in [0.29, 0.717) is 22.7 Å². The van der Waals surface area contributed by atoms with Gasteiger partial charge < -0.3 is 9.47 Å². The summed E-state index contributed by atoms with van der Waals surface area (Å²) in [4.78, 5) is 25.0. The summed E-state index contributed by atoms with van der Waals surface area (Å²) in [6, 6.07) is 0. The van der Waals surface area contributed by atoms with Crippen LogP contribution in [0.2, 0.25) is 0 Å². The maximum absolute atomic E-state index is 12.5. The number of carbonyl (C=O) groups excluding carboxylic acids is 2. The molecule has 2 spiro atoms. The quantitative estimate of drug-likeness (QED) is 0.731. The molecule has 0 aromatic carbocycles. The van der Waals surface area contributed by atoms with Gasteiger partial charge in [-0.2, -0.15) is 0 Å². The maximum atomic E-state index is 12.5. The van der Waals surface area contributed by atoms with Crippen molar-refractivity contribution in [2.75, 3.05) is 14.2 Å². The Hall–Kier alpha value is -1.06. The lowest BCUT2D eigenvalue weighted by Gasteiger charge is -3.04. The van der Waals surface area contributed by atoms with Crippen LogP contribution in [0.15, 0.2) is 0 Å². The molecule has 7 aliphatic rings. The third-order valence-corrected chi connectivity index (χ3v) is 9.27. The fourth-order valence-corrected chi connectivity index (χ4v) is 9.50. The molecule has 0 radical (unpaired) electrons. The van der Waals surface area contributed by atoms with Gasteiger partial charge in [0.25, 0.3) is 0 Å². The molecule has 0 aliphatic heterocycles. The van der Waals surface area contributed by atoms with Gasteiger partial charge >= 0.3 is 11.9 Å². The Balaban J connectivity index is 1.51. The molecule has 2 bridgehead atoms. The van der Waals surface area contributed by atoms with Crippen LogP contribution >= 0.6 is 0 Å². The number of hydrogen-bond donors (Lipinski definition) is 0. The average molecular weight is 302 g/mol. The normalized spacial score (nSPS) is 63.9. The van der Waals surface area contributed by atoms with E-state index in [1.807, 2.05) is 0 Å². The number of ether oxygens (including phenoxy) is 2. The van der Waals surface area contributed by atoms with Gasteiger partial charge in [0.2, 0.25) is 0 Å². The molecule has 0 amide bonds. The van der Waals surface area contributed by atoms with E-state index in [4.69, 9.17) is 9.47 Å². The molecule has 0 unspecified atom stereocenters. The highest BCUT2D eigenvalue weighted by Crippen LogP contribution is 3.05. The van der Waals surface area contributed by atoms with Crippen LogP contribution in [0.3, 0.4) is 0 Å². The van der Waals surface area contributed by atoms with Crippen molar-refractivity contribution >= 4 is 11.9 Å². The van der Waals surface area contributed by atoms with Gasteiger partial charge in [-0.25, -0.2) is 0 Å². The van der Waals surface area contributed by atoms with Crippen molar-refractivity contribution in [2.24, 2.45) is 58.2 Å². The van der Waals surface area contributed by atoms with Crippen LogP contribution in [0.4, 0.5) is 0 Å². The number of esters is 2. The van der Waals surface area contributed by atoms with E-state index in [1.54, 1.807) is 0 Å². The number of fused-ring (bicyclic) bond motifs is 1. The van der Waals surface area contributed by atoms with Crippen molar-refractivity contribution in [1.82, 2.24) is 0 Å². The van der Waals surface area contributed by atoms with Crippen molar-refractivity contribution < 1.29 is 19.1 Å². The predicted molar refractivity (Wildman–Crippen MR) is 75.3 cm³/mol. The fourth-order valence-electron chi connectivity index (χ4n) is 9.50. The van der Waals surface area contributed by atoms with Crippen LogP contribution in [0.1, 0.15) is 25.7 Å². The Kier molecular flexibility index (Phi) is 1.83. The Morgan fingerprint density at radius 2 is 1.18 bits per heavy atom. The Labute approximate surface area is 129 Å². The third kappa shape index (κ3) is 0.771. The molecule has 7 fully saturated rings. The number of hydrogen-bond acceptors (Lipinski definition) is 4. The van der Waals surface area contributed by atoms with Gasteiger partial charge in [0.05, 0.1) is 26.1 Å². The molecule has 0 heterocycles. The molecule has 0 N–H and O–H groups in total. The van der Waals surface area contributed by atoms with E-state index in [2.05, 4.69) is 0 Å². The molecule has 4 heteroatoms. The first-order valence-electron chi connectivity index (χ1n) is 8.82. The van der Waals surface area contributed by atoms with Gasteiger partial charge in [0, 0.05) is 0 Å². The Morgan fingerprint density at radius 3 is 1.55 bits per heavy atom. The first kappa shape index (κ1) is 12.4. The second-order valence-electron chi connectivity index (χ2n) is 8.64. The van der Waals surface area contributed by atoms with Crippen LogP contribution in [-0.4, -0.2) is 26.2 Å². The van der Waals surface area contributed by atoms with Crippen molar-refractivity contribution in [1.29, 1.82) is 0 Å². The van der Waals surface area contributed by atoms with E-state index in [-0.39, 0.29) is 23.8 Å². The summed E-state index contributed by atoms with van der Waals surface area (Å²) in [6.07, 6.45) is 5.20. The number of carbonyl (C=O) groups is 2. The van der Waals surface area contributed by atoms with Gasteiger partial charge in [-0.15, -0.1) is 0 Å². The topological polar surface area (TPSA) is 52.6 Å². The van der Waals surface area contributed by atoms with E-state index in [0.717, 1.165) is 23.7 Å². The SMILES string of the molecule is COC(=O)[C@@H]1[C@H](C(=O)OC)[C@H]2[C@@H]3[C@H]4[C@@H]5[C@@H]3[C@]23CCCC[C@]53[C@@H]14. The van der Waals surface area contributed by atoms with E-state index in [9.17, 15) is 9.59 Å². The molecule has 10 atom stereocenters. The van der Waals surface area contributed by atoms with E-state index >= 15 is 0 Å². The predicted octanol–water partition coefficient (Wildman–Crippen LogP) is 1.88. The monoisotopic (exact) mass is 302 g/mol. The Morgan fingerprint density at radius 1 is 0.773 bits per heavy atom. The minimum Gasteiger partial charge on any atom is -0.469 e. The summed E-state index contributed by atoms with van der Waals surface area (Å²) >= 11 is 0. The van der Waals surface area contributed by atoms with Crippen LogP contribution < -0.4 is 0 Å². The molecular weight excluding hydrogens is 280 g/mol. The van der Waals surface area contributed by atoms with Crippen LogP contribution in [0, 0.1) is 58.2 Å². The number of rotatable bonds is 2. The second kappa shape index (κ2) is 3.25. The highest BCUT2D eigenvalue weighted by molar-refractivity contribution is 5.85. The summed E-state index contributed by atoms with van der Waals surface area (Å²) in [5.41, 5.74) is 0.812. The zero-order valence-electron chi connectivity index (χ0n) is 13.1. The van der Waals surface area contributed by atoms with E-state index < -0.39 is 0 Å². The first-order valence-corrected chi connectivity index (χ1v) is 8.82. The second-order valence-corrected chi connectivity index (χ2v) is 8.64. The smallest absolute Gasteiger partial charge is 0.309 e. The van der Waals surface area contributed by atoms with E-state index in [1.165, 1.54) is 39.9 Å². The van der Waals surface area contributed by atoms with Gasteiger partial charge in [-0.3, -0.25) is 9.59 Å². The first-order chi connectivity index (χ1) is 10.7. The summed E-state index contributed by atoms with van der Waals surface area (Å²) in [7, 11) is 2.93. The molecule has 7 rings (SSSR count). The molecule has 0 aromatic heterocycles. The van der Waals surface area contributed by atoms with Crippen molar-refractivity contribution in [3.8, 4) is 0 Å². The zero-order valence-corrected chi connectivity index (χ0v) is 13.1. The van der Waals surface area contributed by atoms with Gasteiger partial charge in [-0.05, 0) is 59.2 Å². The average Bonchev–Trinajstić information content (AvgIpc) is 2.53. The zero-order chi connectivity index (χ0) is 15.0. The fraction of sp³-hybridized carbons (Fsp3) is 0.889. The van der Waals surface area contributed by atoms with Crippen LogP contribution in [0.25, 0.3) is 0 Å². The van der Waals surface area contributed by atoms with Gasteiger partial charge in [0.15, 0.2) is 0 Å². The third-order valence-electron chi connectivity index (χ3n) is 9.27. The molecule has 0 aromatic rings. The number of methoxy groups -OCH3 is 2. The standard InChI is InChI=1S/C18H22O4/c1-21-15(19)9-10(16(20)22-2)12-8-7-11(9)17-5-3-4-6-18(12,17)14(8)13(7)17/h7-14H,3-6H2,1-2H3/t7-,8+,9-,10+,11-,12-,13-,14-,17+,18+/m1/s1. The summed E-state index contributed by atoms with van der Waals surface area (Å²) in [5.74, 6) is 3.27. The lowest BCUT2D eigenvalue weighted by Crippen LogP contribution is -3.02. The molecule has 4 nitrogen and oxygen atoms in total. The molecule has 7 aliphatic carbocycles. The summed E-state index contributed by atoms with van der Waals surface area (Å²) in [6.45, 7) is 0. The lowest BCUT2D eigenvalue weighted by atomic mass is 8.99. The minimum absolute atomic E-state index is 0.161. The molecule has 22 heavy (non-hydrogen) atoms. The van der Waals surface area contributed by atoms with Crippen molar-refractivity contribution in [3.05, 3.63) is 0 Å². The summed E-state index contributed by atoms with van der Waals surface area (Å²) < 4.78 is 10.2.